The number of benzene rings is 1. The van der Waals surface area contributed by atoms with E-state index in [0.29, 0.717) is 12.6 Å². The van der Waals surface area contributed by atoms with Gasteiger partial charge in [0, 0.05) is 18.2 Å². The average molecular weight is 371 g/mol. The van der Waals surface area contributed by atoms with Gasteiger partial charge in [0.2, 0.25) is 5.91 Å². The third-order valence-electron chi connectivity index (χ3n) is 4.66. The Morgan fingerprint density at radius 2 is 2.04 bits per heavy atom. The summed E-state index contributed by atoms with van der Waals surface area (Å²) in [4.78, 5) is 12.6. The van der Waals surface area contributed by atoms with E-state index in [9.17, 15) is 4.79 Å². The lowest BCUT2D eigenvalue weighted by Gasteiger charge is -2.24. The molecule has 1 atom stereocenters. The minimum Gasteiger partial charge on any atom is -0.352 e. The molecule has 5 nitrogen and oxygen atoms in total. The lowest BCUT2D eigenvalue weighted by molar-refractivity contribution is -0.121. The van der Waals surface area contributed by atoms with Crippen molar-refractivity contribution in [1.29, 1.82) is 0 Å². The molecule has 1 unspecified atom stereocenters. The van der Waals surface area contributed by atoms with E-state index in [0.717, 1.165) is 29.4 Å². The fraction of sp³-hybridized carbons (Fsp3) is 0.450. The van der Waals surface area contributed by atoms with Crippen LogP contribution < -0.4 is 5.32 Å². The summed E-state index contributed by atoms with van der Waals surface area (Å²) in [5.41, 5.74) is 1.01. The van der Waals surface area contributed by atoms with Gasteiger partial charge < -0.3 is 5.32 Å². The highest BCUT2D eigenvalue weighted by atomic mass is 32.2. The largest absolute Gasteiger partial charge is 0.352 e. The van der Waals surface area contributed by atoms with E-state index in [1.807, 2.05) is 47.9 Å². The van der Waals surface area contributed by atoms with Crippen molar-refractivity contribution in [3.8, 4) is 11.4 Å². The van der Waals surface area contributed by atoms with E-state index in [-0.39, 0.29) is 11.2 Å². The molecule has 2 aromatic rings. The number of thioether (sulfide) groups is 1. The minimum atomic E-state index is -0.215. The maximum atomic E-state index is 12.6. The third-order valence-corrected chi connectivity index (χ3v) is 5.74. The molecule has 3 rings (SSSR count). The van der Waals surface area contributed by atoms with E-state index < -0.39 is 0 Å². The van der Waals surface area contributed by atoms with Crippen molar-refractivity contribution in [2.75, 3.05) is 0 Å². The van der Waals surface area contributed by atoms with Gasteiger partial charge in [-0.15, -0.1) is 16.8 Å². The van der Waals surface area contributed by atoms with E-state index in [1.54, 1.807) is 0 Å². The lowest BCUT2D eigenvalue weighted by Crippen LogP contribution is -2.40. The van der Waals surface area contributed by atoms with Gasteiger partial charge in [-0.1, -0.05) is 67.4 Å². The summed E-state index contributed by atoms with van der Waals surface area (Å²) in [6.45, 7) is 6.37. The molecule has 0 aliphatic heterocycles. The van der Waals surface area contributed by atoms with E-state index in [2.05, 4.69) is 22.1 Å². The number of hydrogen-bond donors (Lipinski definition) is 1. The smallest absolute Gasteiger partial charge is 0.233 e. The molecule has 26 heavy (non-hydrogen) atoms. The second kappa shape index (κ2) is 9.03. The van der Waals surface area contributed by atoms with Crippen molar-refractivity contribution in [2.45, 2.75) is 62.0 Å². The van der Waals surface area contributed by atoms with Gasteiger partial charge >= 0.3 is 0 Å². The van der Waals surface area contributed by atoms with E-state index in [4.69, 9.17) is 0 Å². The van der Waals surface area contributed by atoms with Crippen LogP contribution in [0.1, 0.15) is 39.0 Å². The molecule has 1 fully saturated rings. The van der Waals surface area contributed by atoms with E-state index >= 15 is 0 Å². The number of nitrogens with one attached hydrogen (secondary N) is 1. The summed E-state index contributed by atoms with van der Waals surface area (Å²) in [7, 11) is 0. The first-order chi connectivity index (χ1) is 12.7. The van der Waals surface area contributed by atoms with Gasteiger partial charge in [0.1, 0.15) is 0 Å². The van der Waals surface area contributed by atoms with Crippen LogP contribution in [0.15, 0.2) is 48.1 Å². The van der Waals surface area contributed by atoms with Crippen LogP contribution in [0.5, 0.6) is 0 Å². The second-order valence-corrected chi connectivity index (χ2v) is 7.98. The molecule has 1 amide bonds. The van der Waals surface area contributed by atoms with Crippen molar-refractivity contribution in [1.82, 2.24) is 20.1 Å². The number of aromatic nitrogens is 3. The molecular weight excluding hydrogens is 344 g/mol. The molecule has 1 aliphatic rings. The number of carbonyl (C=O) groups excluding carboxylic acids is 1. The Morgan fingerprint density at radius 1 is 1.31 bits per heavy atom. The Labute approximate surface area is 159 Å². The Hall–Kier alpha value is -2.08. The fourth-order valence-corrected chi connectivity index (χ4v) is 4.11. The van der Waals surface area contributed by atoms with Crippen LogP contribution in [-0.4, -0.2) is 32.0 Å². The van der Waals surface area contributed by atoms with Crippen LogP contribution in [0.25, 0.3) is 11.4 Å². The zero-order valence-corrected chi connectivity index (χ0v) is 16.0. The summed E-state index contributed by atoms with van der Waals surface area (Å²) >= 11 is 1.45. The number of carbonyl (C=O) groups is 1. The summed E-state index contributed by atoms with van der Waals surface area (Å²) in [5.74, 6) is 0.879. The molecule has 1 aromatic heterocycles. The Balaban J connectivity index is 1.71. The summed E-state index contributed by atoms with van der Waals surface area (Å²) in [5, 5.41) is 12.4. The van der Waals surface area contributed by atoms with Gasteiger partial charge in [-0.3, -0.25) is 9.36 Å². The summed E-state index contributed by atoms with van der Waals surface area (Å²) in [6.07, 6.45) is 7.71. The van der Waals surface area contributed by atoms with Gasteiger partial charge in [0.25, 0.3) is 0 Å². The quantitative estimate of drug-likeness (QED) is 0.590. The zero-order chi connectivity index (χ0) is 18.4. The highest BCUT2D eigenvalue weighted by molar-refractivity contribution is 8.00. The number of rotatable bonds is 7. The molecule has 138 valence electrons. The zero-order valence-electron chi connectivity index (χ0n) is 15.2. The minimum absolute atomic E-state index is 0.0799. The maximum absolute atomic E-state index is 12.6. The second-order valence-electron chi connectivity index (χ2n) is 6.68. The fourth-order valence-electron chi connectivity index (χ4n) is 3.25. The standard InChI is InChI=1S/C20H26N4OS/c1-3-14-24-18(16-10-6-4-7-11-16)22-23-20(24)26-15(2)19(25)21-17-12-8-5-9-13-17/h3-4,6-7,10-11,15,17H,1,5,8-9,12-14H2,2H3,(H,21,25). The predicted octanol–water partition coefficient (Wildman–Crippen LogP) is 4.06. The van der Waals surface area contributed by atoms with Crippen LogP contribution in [-0.2, 0) is 11.3 Å². The van der Waals surface area contributed by atoms with Gasteiger partial charge in [0.15, 0.2) is 11.0 Å². The molecule has 0 saturated heterocycles. The van der Waals surface area contributed by atoms with E-state index in [1.165, 1.54) is 31.0 Å². The average Bonchev–Trinajstić information content (AvgIpc) is 3.06. The molecule has 6 heteroatoms. The van der Waals surface area contributed by atoms with Gasteiger partial charge in [-0.05, 0) is 19.8 Å². The first-order valence-electron chi connectivity index (χ1n) is 9.25. The first-order valence-corrected chi connectivity index (χ1v) is 10.1. The summed E-state index contributed by atoms with van der Waals surface area (Å²) in [6, 6.07) is 10.3. The molecule has 1 heterocycles. The molecule has 0 radical (unpaired) electrons. The maximum Gasteiger partial charge on any atom is 0.233 e. The van der Waals surface area contributed by atoms with Gasteiger partial charge in [-0.25, -0.2) is 0 Å². The van der Waals surface area contributed by atoms with Crippen molar-refractivity contribution in [3.63, 3.8) is 0 Å². The lowest BCUT2D eigenvalue weighted by atomic mass is 9.95. The molecule has 1 saturated carbocycles. The highest BCUT2D eigenvalue weighted by Gasteiger charge is 2.23. The van der Waals surface area contributed by atoms with Crippen molar-refractivity contribution in [2.24, 2.45) is 0 Å². The molecule has 0 spiro atoms. The molecule has 1 aromatic carbocycles. The van der Waals surface area contributed by atoms with Crippen molar-refractivity contribution < 1.29 is 4.79 Å². The van der Waals surface area contributed by atoms with Crippen LogP contribution in [0, 0.1) is 0 Å². The van der Waals surface area contributed by atoms with Gasteiger partial charge in [0.05, 0.1) is 5.25 Å². The Morgan fingerprint density at radius 3 is 2.73 bits per heavy atom. The van der Waals surface area contributed by atoms with Crippen molar-refractivity contribution >= 4 is 17.7 Å². The molecular formula is C20H26N4OS. The number of hydrogen-bond acceptors (Lipinski definition) is 4. The molecule has 0 bridgehead atoms. The Kier molecular flexibility index (Phi) is 6.50. The number of amides is 1. The summed E-state index contributed by atoms with van der Waals surface area (Å²) < 4.78 is 2.01. The molecule has 1 aliphatic carbocycles. The monoisotopic (exact) mass is 370 g/mol. The number of nitrogens with zero attached hydrogens (tertiary/aromatic N) is 3. The van der Waals surface area contributed by atoms with Crippen LogP contribution in [0.2, 0.25) is 0 Å². The normalized spacial score (nSPS) is 16.2. The Bertz CT molecular complexity index is 738. The van der Waals surface area contributed by atoms with Crippen molar-refractivity contribution in [3.05, 3.63) is 43.0 Å². The van der Waals surface area contributed by atoms with Crippen LogP contribution in [0.3, 0.4) is 0 Å². The van der Waals surface area contributed by atoms with Gasteiger partial charge in [-0.2, -0.15) is 0 Å². The SMILES string of the molecule is C=CCn1c(SC(C)C(=O)NC2CCCCC2)nnc1-c1ccccc1. The van der Waals surface area contributed by atoms with Crippen LogP contribution >= 0.6 is 11.8 Å². The van der Waals surface area contributed by atoms with Crippen LogP contribution in [0.4, 0.5) is 0 Å². The highest BCUT2D eigenvalue weighted by Crippen LogP contribution is 2.27. The molecule has 1 N–H and O–H groups in total. The topological polar surface area (TPSA) is 59.8 Å². The third kappa shape index (κ3) is 4.55. The first kappa shape index (κ1) is 18.7. The number of allylic oxidation sites excluding steroid dienone is 1. The predicted molar refractivity (Wildman–Crippen MR) is 106 cm³/mol.